The second kappa shape index (κ2) is 6.34. The van der Waals surface area contributed by atoms with Crippen molar-refractivity contribution in [3.63, 3.8) is 0 Å². The monoisotopic (exact) mass is 387 g/mol. The molecule has 0 radical (unpaired) electrons. The van der Waals surface area contributed by atoms with Crippen LogP contribution in [0.5, 0.6) is 0 Å². The number of aromatic nitrogens is 3. The topological polar surface area (TPSA) is 49.2 Å². The van der Waals surface area contributed by atoms with E-state index in [2.05, 4.69) is 29.2 Å². The van der Waals surface area contributed by atoms with E-state index in [0.29, 0.717) is 5.92 Å². The van der Waals surface area contributed by atoms with Gasteiger partial charge in [0.15, 0.2) is 5.79 Å². The van der Waals surface area contributed by atoms with Crippen LogP contribution >= 0.6 is 24.2 Å². The van der Waals surface area contributed by atoms with Gasteiger partial charge >= 0.3 is 0 Å². The van der Waals surface area contributed by atoms with Crippen molar-refractivity contribution in [3.8, 4) is 11.3 Å². The summed E-state index contributed by atoms with van der Waals surface area (Å²) in [6.07, 6.45) is 8.07. The minimum atomic E-state index is -0.314. The molecule has 0 atom stereocenters. The summed E-state index contributed by atoms with van der Waals surface area (Å²) >= 11 is 6.21. The van der Waals surface area contributed by atoms with Crippen LogP contribution in [0, 0.1) is 6.92 Å². The Bertz CT molecular complexity index is 949. The maximum absolute atomic E-state index is 5.86. The first kappa shape index (κ1) is 16.7. The first-order valence-corrected chi connectivity index (χ1v) is 10.3. The van der Waals surface area contributed by atoms with Crippen molar-refractivity contribution in [2.45, 2.75) is 44.3 Å². The van der Waals surface area contributed by atoms with Gasteiger partial charge in [0, 0.05) is 41.6 Å². The van der Waals surface area contributed by atoms with Gasteiger partial charge in [0.1, 0.15) is 5.65 Å². The number of rotatable bonds is 2. The average molecular weight is 388 g/mol. The third kappa shape index (κ3) is 2.78. The van der Waals surface area contributed by atoms with Gasteiger partial charge < -0.3 is 9.47 Å². The molecular formula is C19H21N3O2S2. The number of pyridine rings is 1. The molecule has 0 amide bonds. The molecule has 2 aliphatic rings. The first-order valence-electron chi connectivity index (χ1n) is 9.04. The fraction of sp³-hybridized carbons (Fsp3) is 0.474. The second-order valence-corrected chi connectivity index (χ2v) is 8.65. The molecule has 1 saturated heterocycles. The minimum absolute atomic E-state index is 0.314. The molecule has 4 heterocycles. The smallest absolute Gasteiger partial charge is 0.168 e. The number of hydrogen-bond donors (Lipinski definition) is 1. The van der Waals surface area contributed by atoms with Gasteiger partial charge in [-0.15, -0.1) is 11.3 Å². The van der Waals surface area contributed by atoms with Crippen molar-refractivity contribution < 1.29 is 9.47 Å². The van der Waals surface area contributed by atoms with Gasteiger partial charge in [0.05, 0.1) is 23.9 Å². The van der Waals surface area contributed by atoms with Crippen LogP contribution in [0.2, 0.25) is 0 Å². The summed E-state index contributed by atoms with van der Waals surface area (Å²) in [4.78, 5) is 9.34. The second-order valence-electron chi connectivity index (χ2n) is 7.16. The molecule has 5 rings (SSSR count). The van der Waals surface area contributed by atoms with E-state index in [1.54, 1.807) is 15.3 Å². The quantitative estimate of drug-likeness (QED) is 0.655. The summed E-state index contributed by atoms with van der Waals surface area (Å²) in [6.45, 7) is 3.48. The van der Waals surface area contributed by atoms with Crippen molar-refractivity contribution in [1.82, 2.24) is 13.9 Å². The van der Waals surface area contributed by atoms with Gasteiger partial charge in [0.25, 0.3) is 0 Å². The van der Waals surface area contributed by atoms with Gasteiger partial charge in [0.2, 0.25) is 0 Å². The Hall–Kier alpha value is -1.41. The molecule has 0 unspecified atom stereocenters. The van der Waals surface area contributed by atoms with E-state index >= 15 is 0 Å². The molecule has 1 aliphatic carbocycles. The van der Waals surface area contributed by atoms with Crippen LogP contribution in [-0.2, 0) is 9.47 Å². The molecule has 1 saturated carbocycles. The van der Waals surface area contributed by atoms with Crippen molar-refractivity contribution in [2.24, 2.45) is 0 Å². The van der Waals surface area contributed by atoms with Gasteiger partial charge in [-0.3, -0.25) is 3.97 Å². The Balaban J connectivity index is 1.48. The normalized spacial score (nSPS) is 20.4. The molecule has 1 aliphatic heterocycles. The van der Waals surface area contributed by atoms with E-state index in [9.17, 15) is 0 Å². The minimum Gasteiger partial charge on any atom is -0.348 e. The van der Waals surface area contributed by atoms with Crippen LogP contribution in [0.4, 0.5) is 0 Å². The number of aryl methyl sites for hydroxylation is 1. The number of fused-ring (bicyclic) bond motifs is 1. The Kier molecular flexibility index (Phi) is 4.08. The summed E-state index contributed by atoms with van der Waals surface area (Å²) < 4.78 is 13.5. The van der Waals surface area contributed by atoms with Crippen LogP contribution in [0.15, 0.2) is 23.8 Å². The highest BCUT2D eigenvalue weighted by atomic mass is 32.1. The highest BCUT2D eigenvalue weighted by molar-refractivity contribution is 7.78. The lowest BCUT2D eigenvalue weighted by Gasteiger charge is -2.35. The maximum atomic E-state index is 5.86. The number of thiazole rings is 1. The Morgan fingerprint density at radius 1 is 1.27 bits per heavy atom. The molecule has 5 nitrogen and oxygen atoms in total. The SMILES string of the molecule is Cc1nc(-c2cn(S)c3ncc(C4CCC5(CC4)OCCO5)cc23)cs1. The fourth-order valence-corrected chi connectivity index (χ4v) is 5.09. The zero-order chi connectivity index (χ0) is 17.7. The predicted molar refractivity (Wildman–Crippen MR) is 106 cm³/mol. The third-order valence-electron chi connectivity index (χ3n) is 5.57. The van der Waals surface area contributed by atoms with Gasteiger partial charge in [-0.05, 0) is 37.3 Å². The summed E-state index contributed by atoms with van der Waals surface area (Å²) in [5, 5.41) is 4.29. The molecule has 0 aromatic carbocycles. The number of nitrogens with zero attached hydrogens (tertiary/aromatic N) is 3. The third-order valence-corrected chi connectivity index (χ3v) is 6.65. The molecule has 26 heavy (non-hydrogen) atoms. The van der Waals surface area contributed by atoms with Crippen molar-refractivity contribution in [2.75, 3.05) is 13.2 Å². The van der Waals surface area contributed by atoms with E-state index < -0.39 is 0 Å². The van der Waals surface area contributed by atoms with E-state index in [1.165, 1.54) is 5.56 Å². The van der Waals surface area contributed by atoms with Gasteiger partial charge in [-0.2, -0.15) is 0 Å². The highest BCUT2D eigenvalue weighted by Crippen LogP contribution is 2.43. The van der Waals surface area contributed by atoms with Crippen LogP contribution in [0.1, 0.15) is 42.2 Å². The maximum Gasteiger partial charge on any atom is 0.168 e. The highest BCUT2D eigenvalue weighted by Gasteiger charge is 2.40. The number of hydrogen-bond acceptors (Lipinski definition) is 6. The van der Waals surface area contributed by atoms with E-state index in [-0.39, 0.29) is 5.79 Å². The zero-order valence-electron chi connectivity index (χ0n) is 14.6. The van der Waals surface area contributed by atoms with Gasteiger partial charge in [-0.25, -0.2) is 9.97 Å². The average Bonchev–Trinajstić information content (AvgIpc) is 3.36. The first-order chi connectivity index (χ1) is 12.6. The van der Waals surface area contributed by atoms with Crippen LogP contribution in [0.25, 0.3) is 22.3 Å². The van der Waals surface area contributed by atoms with Crippen molar-refractivity contribution in [1.29, 1.82) is 0 Å². The van der Waals surface area contributed by atoms with Crippen LogP contribution in [0.3, 0.4) is 0 Å². The molecule has 3 aromatic rings. The van der Waals surface area contributed by atoms with Crippen LogP contribution < -0.4 is 0 Å². The predicted octanol–water partition coefficient (Wildman–Crippen LogP) is 4.56. The fourth-order valence-electron chi connectivity index (χ4n) is 4.20. The van der Waals surface area contributed by atoms with E-state index in [0.717, 1.165) is 66.2 Å². The van der Waals surface area contributed by atoms with E-state index in [1.807, 2.05) is 19.3 Å². The standard InChI is InChI=1S/C19H21N3O2S2/c1-12-21-17(11-26-12)16-10-22(25)18-15(16)8-14(9-20-18)13-2-4-19(5-3-13)23-6-7-24-19/h8-11,13,25H,2-7H2,1H3. The molecule has 1 spiro atoms. The summed E-state index contributed by atoms with van der Waals surface area (Å²) in [7, 11) is 0. The molecule has 0 bridgehead atoms. The molecule has 7 heteroatoms. The zero-order valence-corrected chi connectivity index (χ0v) is 16.4. The lowest BCUT2D eigenvalue weighted by Crippen LogP contribution is -2.34. The lowest BCUT2D eigenvalue weighted by atomic mass is 9.81. The van der Waals surface area contributed by atoms with Crippen molar-refractivity contribution in [3.05, 3.63) is 34.4 Å². The number of thiol groups is 1. The molecule has 2 fully saturated rings. The van der Waals surface area contributed by atoms with E-state index in [4.69, 9.17) is 14.5 Å². The molecular weight excluding hydrogens is 366 g/mol. The summed E-state index contributed by atoms with van der Waals surface area (Å²) in [6, 6.07) is 2.28. The summed E-state index contributed by atoms with van der Waals surface area (Å²) in [5.41, 5.74) is 4.27. The molecule has 136 valence electrons. The van der Waals surface area contributed by atoms with Gasteiger partial charge in [-0.1, -0.05) is 12.8 Å². The Morgan fingerprint density at radius 3 is 2.73 bits per heavy atom. The largest absolute Gasteiger partial charge is 0.348 e. The Morgan fingerprint density at radius 2 is 2.04 bits per heavy atom. The lowest BCUT2D eigenvalue weighted by molar-refractivity contribution is -0.178. The van der Waals surface area contributed by atoms with Crippen LogP contribution in [-0.4, -0.2) is 32.9 Å². The summed E-state index contributed by atoms with van der Waals surface area (Å²) in [5.74, 6) is 0.185. The Labute approximate surface area is 161 Å². The molecule has 3 aromatic heterocycles. The number of ether oxygens (including phenoxy) is 2. The van der Waals surface area contributed by atoms with Crippen molar-refractivity contribution >= 4 is 35.2 Å². The molecule has 0 N–H and O–H groups in total.